The standard InChI is InChI=1S/C22H19N5O2S2/c1-12-13(2)30-21-17(12)20(28)23-18(24-21)14(3)31-22-26-25-19(16-10-7-11-29-16)27(22)15-8-5-4-6-9-15/h4-11,14H,1-3H3,(H,23,24,28). The van der Waals surface area contributed by atoms with Crippen molar-refractivity contribution >= 4 is 33.3 Å². The molecule has 0 amide bonds. The largest absolute Gasteiger partial charge is 0.461 e. The zero-order valence-electron chi connectivity index (χ0n) is 17.1. The first-order valence-corrected chi connectivity index (χ1v) is 11.4. The Morgan fingerprint density at radius 2 is 1.94 bits per heavy atom. The monoisotopic (exact) mass is 449 g/mol. The van der Waals surface area contributed by atoms with E-state index in [1.54, 1.807) is 17.6 Å². The van der Waals surface area contributed by atoms with Gasteiger partial charge in [0.05, 0.1) is 16.9 Å². The minimum atomic E-state index is -0.143. The Labute approximate surface area is 186 Å². The van der Waals surface area contributed by atoms with E-state index in [0.29, 0.717) is 28.0 Å². The second-order valence-electron chi connectivity index (χ2n) is 7.13. The van der Waals surface area contributed by atoms with Crippen molar-refractivity contribution in [3.05, 3.63) is 75.3 Å². The topological polar surface area (TPSA) is 89.6 Å². The highest BCUT2D eigenvalue weighted by atomic mass is 32.2. The minimum absolute atomic E-state index is 0.102. The number of nitrogens with zero attached hydrogens (tertiary/aromatic N) is 4. The van der Waals surface area contributed by atoms with Crippen LogP contribution in [0.3, 0.4) is 0 Å². The van der Waals surface area contributed by atoms with E-state index < -0.39 is 0 Å². The zero-order valence-corrected chi connectivity index (χ0v) is 18.8. The summed E-state index contributed by atoms with van der Waals surface area (Å²) in [5, 5.41) is 10.0. The van der Waals surface area contributed by atoms with Crippen LogP contribution >= 0.6 is 23.1 Å². The normalized spacial score (nSPS) is 12.5. The number of thioether (sulfide) groups is 1. The third-order valence-electron chi connectivity index (χ3n) is 5.11. The summed E-state index contributed by atoms with van der Waals surface area (Å²) in [5.41, 5.74) is 1.82. The van der Waals surface area contributed by atoms with Gasteiger partial charge in [0.15, 0.2) is 10.9 Å². The summed E-state index contributed by atoms with van der Waals surface area (Å²) >= 11 is 3.03. The number of fused-ring (bicyclic) bond motifs is 1. The maximum absolute atomic E-state index is 12.7. The Hall–Kier alpha value is -3.17. The minimum Gasteiger partial charge on any atom is -0.461 e. The molecular formula is C22H19N5O2S2. The van der Waals surface area contributed by atoms with Crippen LogP contribution in [0.15, 0.2) is 63.1 Å². The third-order valence-corrected chi connectivity index (χ3v) is 7.27. The molecule has 0 saturated carbocycles. The molecule has 0 bridgehead atoms. The molecule has 1 aromatic carbocycles. The lowest BCUT2D eigenvalue weighted by Gasteiger charge is -2.12. The van der Waals surface area contributed by atoms with E-state index >= 15 is 0 Å². The van der Waals surface area contributed by atoms with Gasteiger partial charge < -0.3 is 9.40 Å². The number of benzene rings is 1. The molecule has 0 spiro atoms. The van der Waals surface area contributed by atoms with Crippen LogP contribution in [0.5, 0.6) is 0 Å². The number of rotatable bonds is 5. The SMILES string of the molecule is Cc1sc2nc(C(C)Sc3nnc(-c4ccco4)n3-c3ccccc3)[nH]c(=O)c2c1C. The predicted octanol–water partition coefficient (Wildman–Crippen LogP) is 5.30. The Morgan fingerprint density at radius 1 is 1.13 bits per heavy atom. The molecule has 0 radical (unpaired) electrons. The number of thiophene rings is 1. The molecule has 7 nitrogen and oxygen atoms in total. The first-order chi connectivity index (χ1) is 15.0. The average molecular weight is 450 g/mol. The van der Waals surface area contributed by atoms with Gasteiger partial charge in [-0.1, -0.05) is 30.0 Å². The fourth-order valence-corrected chi connectivity index (χ4v) is 5.36. The molecule has 9 heteroatoms. The summed E-state index contributed by atoms with van der Waals surface area (Å²) in [5.74, 6) is 1.87. The number of nitrogens with one attached hydrogen (secondary N) is 1. The summed E-state index contributed by atoms with van der Waals surface area (Å²) < 4.78 is 7.53. The molecule has 1 atom stereocenters. The second-order valence-corrected chi connectivity index (χ2v) is 9.64. The Kier molecular flexibility index (Phi) is 4.99. The van der Waals surface area contributed by atoms with Gasteiger partial charge >= 0.3 is 0 Å². The summed E-state index contributed by atoms with van der Waals surface area (Å²) in [6, 6.07) is 13.6. The number of H-pyrrole nitrogens is 1. The molecule has 5 aromatic rings. The smallest absolute Gasteiger partial charge is 0.259 e. The number of para-hydroxylation sites is 1. The van der Waals surface area contributed by atoms with Crippen molar-refractivity contribution in [2.24, 2.45) is 0 Å². The summed E-state index contributed by atoms with van der Waals surface area (Å²) in [6.45, 7) is 5.97. The van der Waals surface area contributed by atoms with Crippen LogP contribution in [0.2, 0.25) is 0 Å². The van der Waals surface area contributed by atoms with E-state index in [1.165, 1.54) is 11.8 Å². The number of hydrogen-bond donors (Lipinski definition) is 1. The molecule has 0 aliphatic carbocycles. The number of aromatic nitrogens is 5. The van der Waals surface area contributed by atoms with Crippen LogP contribution in [-0.4, -0.2) is 24.7 Å². The highest BCUT2D eigenvalue weighted by Gasteiger charge is 2.22. The van der Waals surface area contributed by atoms with Crippen molar-refractivity contribution in [1.82, 2.24) is 24.7 Å². The highest BCUT2D eigenvalue weighted by Crippen LogP contribution is 2.36. The van der Waals surface area contributed by atoms with Gasteiger partial charge in [-0.15, -0.1) is 21.5 Å². The number of aromatic amines is 1. The van der Waals surface area contributed by atoms with Gasteiger partial charge in [-0.2, -0.15) is 0 Å². The molecular weight excluding hydrogens is 430 g/mol. The summed E-state index contributed by atoms with van der Waals surface area (Å²) in [7, 11) is 0. The lowest BCUT2D eigenvalue weighted by atomic mass is 10.2. The molecule has 1 N–H and O–H groups in total. The molecule has 156 valence electrons. The van der Waals surface area contributed by atoms with Crippen LogP contribution in [0.25, 0.3) is 27.5 Å². The number of hydrogen-bond acceptors (Lipinski definition) is 7. The van der Waals surface area contributed by atoms with E-state index in [1.807, 2.05) is 67.8 Å². The average Bonchev–Trinajstić information content (AvgIpc) is 3.48. The number of furan rings is 1. The Morgan fingerprint density at radius 3 is 2.68 bits per heavy atom. The first-order valence-electron chi connectivity index (χ1n) is 9.74. The summed E-state index contributed by atoms with van der Waals surface area (Å²) in [4.78, 5) is 22.3. The van der Waals surface area contributed by atoms with Crippen molar-refractivity contribution in [2.45, 2.75) is 31.2 Å². The maximum Gasteiger partial charge on any atom is 0.259 e. The fraction of sp³-hybridized carbons (Fsp3) is 0.182. The molecule has 31 heavy (non-hydrogen) atoms. The van der Waals surface area contributed by atoms with E-state index in [-0.39, 0.29) is 10.8 Å². The van der Waals surface area contributed by atoms with Gasteiger partial charge in [0.1, 0.15) is 10.7 Å². The van der Waals surface area contributed by atoms with Crippen molar-refractivity contribution in [3.63, 3.8) is 0 Å². The van der Waals surface area contributed by atoms with Crippen LogP contribution in [0.4, 0.5) is 0 Å². The van der Waals surface area contributed by atoms with Crippen molar-refractivity contribution in [2.75, 3.05) is 0 Å². The van der Waals surface area contributed by atoms with Gasteiger partial charge in [-0.3, -0.25) is 9.36 Å². The van der Waals surface area contributed by atoms with E-state index in [2.05, 4.69) is 15.2 Å². The van der Waals surface area contributed by atoms with Gasteiger partial charge in [0, 0.05) is 10.6 Å². The van der Waals surface area contributed by atoms with Gasteiger partial charge in [0.25, 0.3) is 5.56 Å². The van der Waals surface area contributed by atoms with Crippen LogP contribution in [-0.2, 0) is 0 Å². The van der Waals surface area contributed by atoms with Crippen LogP contribution < -0.4 is 5.56 Å². The molecule has 0 fully saturated rings. The van der Waals surface area contributed by atoms with Crippen molar-refractivity contribution in [3.8, 4) is 17.3 Å². The van der Waals surface area contributed by atoms with Crippen molar-refractivity contribution < 1.29 is 4.42 Å². The summed E-state index contributed by atoms with van der Waals surface area (Å²) in [6.07, 6.45) is 1.61. The molecule has 4 heterocycles. The van der Waals surface area contributed by atoms with Crippen LogP contribution in [0, 0.1) is 13.8 Å². The maximum atomic E-state index is 12.7. The second kappa shape index (κ2) is 7.82. The van der Waals surface area contributed by atoms with Crippen molar-refractivity contribution in [1.29, 1.82) is 0 Å². The van der Waals surface area contributed by atoms with E-state index in [9.17, 15) is 4.79 Å². The number of aryl methyl sites for hydroxylation is 2. The van der Waals surface area contributed by atoms with Gasteiger partial charge in [-0.25, -0.2) is 4.98 Å². The molecule has 0 saturated heterocycles. The van der Waals surface area contributed by atoms with E-state index in [0.717, 1.165) is 21.0 Å². The molecule has 0 aliphatic heterocycles. The Balaban J connectivity index is 1.56. The molecule has 0 aliphatic rings. The molecule has 1 unspecified atom stereocenters. The van der Waals surface area contributed by atoms with E-state index in [4.69, 9.17) is 9.40 Å². The predicted molar refractivity (Wildman–Crippen MR) is 123 cm³/mol. The van der Waals surface area contributed by atoms with Gasteiger partial charge in [0.2, 0.25) is 5.82 Å². The quantitative estimate of drug-likeness (QED) is 0.367. The third kappa shape index (κ3) is 3.49. The first kappa shape index (κ1) is 19.8. The fourth-order valence-electron chi connectivity index (χ4n) is 3.40. The van der Waals surface area contributed by atoms with Crippen LogP contribution in [0.1, 0.15) is 28.4 Å². The van der Waals surface area contributed by atoms with Gasteiger partial charge in [-0.05, 0) is 50.6 Å². The lowest BCUT2D eigenvalue weighted by molar-refractivity contribution is 0.575. The molecule has 4 aromatic heterocycles. The zero-order chi connectivity index (χ0) is 21.5. The Bertz CT molecular complexity index is 1420. The lowest BCUT2D eigenvalue weighted by Crippen LogP contribution is -2.12. The highest BCUT2D eigenvalue weighted by molar-refractivity contribution is 7.99. The molecule has 5 rings (SSSR count).